The molecule has 5 nitrogen and oxygen atoms in total. The van der Waals surface area contributed by atoms with Crippen LogP contribution in [0.1, 0.15) is 5.69 Å². The summed E-state index contributed by atoms with van der Waals surface area (Å²) in [6.45, 7) is 7.01. The molecule has 0 bridgehead atoms. The molecule has 0 atom stereocenters. The van der Waals surface area contributed by atoms with Crippen molar-refractivity contribution in [3.05, 3.63) is 18.0 Å². The monoisotopic (exact) mass is 225 g/mol. The molecule has 0 aliphatic carbocycles. The number of piperazine rings is 1. The molecule has 2 heterocycles. The summed E-state index contributed by atoms with van der Waals surface area (Å²) in [6, 6.07) is 1.87. The molecule has 0 amide bonds. The molecule has 1 fully saturated rings. The van der Waals surface area contributed by atoms with Gasteiger partial charge in [0.25, 0.3) is 0 Å². The van der Waals surface area contributed by atoms with Crippen molar-refractivity contribution >= 4 is 0 Å². The van der Waals surface area contributed by atoms with Crippen LogP contribution in [0.5, 0.6) is 0 Å². The summed E-state index contributed by atoms with van der Waals surface area (Å²) in [5.41, 5.74) is 0.960. The molecule has 0 radical (unpaired) electrons. The molecule has 1 aromatic heterocycles. The third-order valence-electron chi connectivity index (χ3n) is 2.76. The Labute approximate surface area is 95.7 Å². The summed E-state index contributed by atoms with van der Waals surface area (Å²) >= 11 is 0. The van der Waals surface area contributed by atoms with Gasteiger partial charge in [-0.1, -0.05) is 5.16 Å². The van der Waals surface area contributed by atoms with Gasteiger partial charge in [0.05, 0.1) is 18.9 Å². The van der Waals surface area contributed by atoms with Gasteiger partial charge in [0.15, 0.2) is 0 Å². The summed E-state index contributed by atoms with van der Waals surface area (Å²) in [5, 5.41) is 7.16. The molecule has 0 saturated carbocycles. The third-order valence-corrected chi connectivity index (χ3v) is 2.76. The van der Waals surface area contributed by atoms with Crippen molar-refractivity contribution in [1.29, 1.82) is 0 Å². The zero-order valence-corrected chi connectivity index (χ0v) is 9.52. The Morgan fingerprint density at radius 2 is 2.25 bits per heavy atom. The molecular formula is C11H19N3O2. The van der Waals surface area contributed by atoms with E-state index in [9.17, 15) is 0 Å². The number of hydrogen-bond acceptors (Lipinski definition) is 5. The first-order valence-electron chi connectivity index (χ1n) is 5.85. The van der Waals surface area contributed by atoms with Crippen molar-refractivity contribution < 1.29 is 9.26 Å². The first kappa shape index (κ1) is 11.6. The van der Waals surface area contributed by atoms with Crippen LogP contribution in [0.3, 0.4) is 0 Å². The normalized spacial score (nSPS) is 17.8. The first-order valence-corrected chi connectivity index (χ1v) is 5.85. The van der Waals surface area contributed by atoms with Gasteiger partial charge in [-0.3, -0.25) is 4.90 Å². The minimum absolute atomic E-state index is 0.721. The van der Waals surface area contributed by atoms with E-state index in [1.807, 2.05) is 6.07 Å². The van der Waals surface area contributed by atoms with Crippen molar-refractivity contribution in [3.63, 3.8) is 0 Å². The van der Waals surface area contributed by atoms with Crippen molar-refractivity contribution in [2.24, 2.45) is 0 Å². The molecular weight excluding hydrogens is 206 g/mol. The highest BCUT2D eigenvalue weighted by Crippen LogP contribution is 1.96. The highest BCUT2D eigenvalue weighted by molar-refractivity contribution is 4.94. The second-order valence-electron chi connectivity index (χ2n) is 3.94. The van der Waals surface area contributed by atoms with Crippen LogP contribution in [0.15, 0.2) is 16.9 Å². The van der Waals surface area contributed by atoms with Crippen molar-refractivity contribution in [2.45, 2.75) is 6.42 Å². The number of rotatable bonds is 6. The maximum atomic E-state index is 5.57. The number of nitrogens with one attached hydrogen (secondary N) is 1. The highest BCUT2D eigenvalue weighted by Gasteiger charge is 2.08. The van der Waals surface area contributed by atoms with E-state index in [4.69, 9.17) is 9.26 Å². The van der Waals surface area contributed by atoms with E-state index in [0.717, 1.165) is 58.1 Å². The number of hydrogen-bond donors (Lipinski definition) is 1. The largest absolute Gasteiger partial charge is 0.380 e. The van der Waals surface area contributed by atoms with Gasteiger partial charge in [-0.2, -0.15) is 0 Å². The van der Waals surface area contributed by atoms with E-state index in [0.29, 0.717) is 0 Å². The molecule has 90 valence electrons. The lowest BCUT2D eigenvalue weighted by Gasteiger charge is -2.26. The Hall–Kier alpha value is -0.910. The third kappa shape index (κ3) is 3.92. The van der Waals surface area contributed by atoms with Crippen LogP contribution in [-0.2, 0) is 11.2 Å². The fraction of sp³-hybridized carbons (Fsp3) is 0.727. The first-order chi connectivity index (χ1) is 7.95. The van der Waals surface area contributed by atoms with Crippen molar-refractivity contribution in [3.8, 4) is 0 Å². The Balaban J connectivity index is 1.48. The Morgan fingerprint density at radius 3 is 3.00 bits per heavy atom. The van der Waals surface area contributed by atoms with Gasteiger partial charge >= 0.3 is 0 Å². The Morgan fingerprint density at radius 1 is 1.38 bits per heavy atom. The second-order valence-corrected chi connectivity index (χ2v) is 3.94. The van der Waals surface area contributed by atoms with Gasteiger partial charge in [-0.15, -0.1) is 0 Å². The molecule has 1 N–H and O–H groups in total. The lowest BCUT2D eigenvalue weighted by Crippen LogP contribution is -2.44. The van der Waals surface area contributed by atoms with Crippen LogP contribution in [0.25, 0.3) is 0 Å². The summed E-state index contributed by atoms with van der Waals surface area (Å²) < 4.78 is 10.3. The van der Waals surface area contributed by atoms with E-state index in [1.54, 1.807) is 6.26 Å². The molecule has 0 unspecified atom stereocenters. The quantitative estimate of drug-likeness (QED) is 0.698. The summed E-state index contributed by atoms with van der Waals surface area (Å²) in [4.78, 5) is 2.42. The predicted octanol–water partition coefficient (Wildman–Crippen LogP) is 0.139. The SMILES string of the molecule is c1cc(CCOCCN2CCNCC2)no1. The minimum Gasteiger partial charge on any atom is -0.380 e. The lowest BCUT2D eigenvalue weighted by molar-refractivity contribution is 0.100. The summed E-state index contributed by atoms with van der Waals surface area (Å²) in [7, 11) is 0. The standard InChI is InChI=1S/C11H19N3O2/c1(11-2-9-16-13-11)8-15-10-7-14-5-3-12-4-6-14/h2,9,12H,1,3-8,10H2. The van der Waals surface area contributed by atoms with Crippen molar-refractivity contribution in [2.75, 3.05) is 45.9 Å². The van der Waals surface area contributed by atoms with Crippen LogP contribution in [-0.4, -0.2) is 56.0 Å². The average molecular weight is 225 g/mol. The van der Waals surface area contributed by atoms with Gasteiger partial charge in [0.2, 0.25) is 0 Å². The highest BCUT2D eigenvalue weighted by atomic mass is 16.5. The minimum atomic E-state index is 0.721. The molecule has 0 spiro atoms. The van der Waals surface area contributed by atoms with Gasteiger partial charge in [0, 0.05) is 45.2 Å². The average Bonchev–Trinajstić information content (AvgIpc) is 2.83. The van der Waals surface area contributed by atoms with Gasteiger partial charge in [-0.05, 0) is 0 Å². The topological polar surface area (TPSA) is 50.5 Å². The van der Waals surface area contributed by atoms with Crippen LogP contribution >= 0.6 is 0 Å². The fourth-order valence-corrected chi connectivity index (χ4v) is 1.77. The molecule has 1 saturated heterocycles. The molecule has 16 heavy (non-hydrogen) atoms. The van der Waals surface area contributed by atoms with Crippen LogP contribution in [0.4, 0.5) is 0 Å². The molecule has 1 aromatic rings. The number of aromatic nitrogens is 1. The maximum Gasteiger partial charge on any atom is 0.124 e. The lowest BCUT2D eigenvalue weighted by atomic mass is 10.3. The van der Waals surface area contributed by atoms with Crippen LogP contribution < -0.4 is 5.32 Å². The number of nitrogens with zero attached hydrogens (tertiary/aromatic N) is 2. The maximum absolute atomic E-state index is 5.57. The predicted molar refractivity (Wildman–Crippen MR) is 60.3 cm³/mol. The number of ether oxygens (including phenoxy) is 1. The molecule has 0 aromatic carbocycles. The van der Waals surface area contributed by atoms with E-state index >= 15 is 0 Å². The zero-order chi connectivity index (χ0) is 11.1. The molecule has 5 heteroatoms. The zero-order valence-electron chi connectivity index (χ0n) is 9.52. The van der Waals surface area contributed by atoms with E-state index in [-0.39, 0.29) is 0 Å². The molecule has 2 rings (SSSR count). The van der Waals surface area contributed by atoms with E-state index < -0.39 is 0 Å². The Kier molecular flexibility index (Phi) is 4.79. The van der Waals surface area contributed by atoms with E-state index in [1.165, 1.54) is 0 Å². The Bertz CT molecular complexity index is 271. The smallest absolute Gasteiger partial charge is 0.124 e. The molecule has 1 aliphatic rings. The summed E-state index contributed by atoms with van der Waals surface area (Å²) in [5.74, 6) is 0. The molecule has 1 aliphatic heterocycles. The van der Waals surface area contributed by atoms with Crippen LogP contribution in [0.2, 0.25) is 0 Å². The fourth-order valence-electron chi connectivity index (χ4n) is 1.77. The van der Waals surface area contributed by atoms with Gasteiger partial charge < -0.3 is 14.6 Å². The van der Waals surface area contributed by atoms with Crippen molar-refractivity contribution in [1.82, 2.24) is 15.4 Å². The van der Waals surface area contributed by atoms with Gasteiger partial charge in [-0.25, -0.2) is 0 Å². The van der Waals surface area contributed by atoms with Gasteiger partial charge in [0.1, 0.15) is 6.26 Å². The second kappa shape index (κ2) is 6.62. The van der Waals surface area contributed by atoms with Crippen LogP contribution in [0, 0.1) is 0 Å². The summed E-state index contributed by atoms with van der Waals surface area (Å²) in [6.07, 6.45) is 2.42. The van der Waals surface area contributed by atoms with E-state index in [2.05, 4.69) is 15.4 Å².